The molecule has 2 rings (SSSR count). The summed E-state index contributed by atoms with van der Waals surface area (Å²) >= 11 is 0. The van der Waals surface area contributed by atoms with Gasteiger partial charge in [-0.1, -0.05) is 12.8 Å². The molecule has 2 N–H and O–H groups in total. The SMILES string of the molecule is O[C@@H]1CN(CC2CCCC2)C[C@@H]1O. The molecule has 0 aromatic rings. The van der Waals surface area contributed by atoms with Crippen LogP contribution in [0.3, 0.4) is 0 Å². The third kappa shape index (κ3) is 2.22. The summed E-state index contributed by atoms with van der Waals surface area (Å²) in [7, 11) is 0. The number of rotatable bonds is 2. The Balaban J connectivity index is 1.76. The summed E-state index contributed by atoms with van der Waals surface area (Å²) in [4.78, 5) is 2.20. The summed E-state index contributed by atoms with van der Waals surface area (Å²) in [5.74, 6) is 0.817. The highest BCUT2D eigenvalue weighted by atomic mass is 16.3. The standard InChI is InChI=1S/C10H19NO2/c12-9-6-11(7-10(9)13)5-8-3-1-2-4-8/h8-10,12-13H,1-7H2/t9-,10+. The molecule has 2 fully saturated rings. The normalized spacial score (nSPS) is 37.4. The minimum Gasteiger partial charge on any atom is -0.389 e. The first-order valence-electron chi connectivity index (χ1n) is 5.34. The van der Waals surface area contributed by atoms with Gasteiger partial charge in [-0.15, -0.1) is 0 Å². The van der Waals surface area contributed by atoms with E-state index >= 15 is 0 Å². The molecule has 76 valence electrons. The molecule has 13 heavy (non-hydrogen) atoms. The first kappa shape index (κ1) is 9.44. The maximum Gasteiger partial charge on any atom is 0.0938 e. The van der Waals surface area contributed by atoms with E-state index in [1.807, 2.05) is 0 Å². The molecule has 0 bridgehead atoms. The van der Waals surface area contributed by atoms with Crippen LogP contribution in [0.2, 0.25) is 0 Å². The number of nitrogens with zero attached hydrogens (tertiary/aromatic N) is 1. The van der Waals surface area contributed by atoms with E-state index in [4.69, 9.17) is 0 Å². The largest absolute Gasteiger partial charge is 0.389 e. The Hall–Kier alpha value is -0.120. The van der Waals surface area contributed by atoms with Gasteiger partial charge < -0.3 is 10.2 Å². The van der Waals surface area contributed by atoms with E-state index < -0.39 is 12.2 Å². The Morgan fingerprint density at radius 1 is 1.00 bits per heavy atom. The van der Waals surface area contributed by atoms with Gasteiger partial charge in [0.1, 0.15) is 0 Å². The van der Waals surface area contributed by atoms with Crippen molar-refractivity contribution in [1.82, 2.24) is 4.90 Å². The van der Waals surface area contributed by atoms with Gasteiger partial charge in [0, 0.05) is 19.6 Å². The lowest BCUT2D eigenvalue weighted by Gasteiger charge is -2.19. The molecule has 1 saturated heterocycles. The van der Waals surface area contributed by atoms with Gasteiger partial charge in [0.15, 0.2) is 0 Å². The van der Waals surface area contributed by atoms with Gasteiger partial charge >= 0.3 is 0 Å². The van der Waals surface area contributed by atoms with Crippen LogP contribution < -0.4 is 0 Å². The molecule has 0 unspecified atom stereocenters. The molecule has 0 aromatic carbocycles. The van der Waals surface area contributed by atoms with Crippen LogP contribution in [0.4, 0.5) is 0 Å². The van der Waals surface area contributed by atoms with Crippen molar-refractivity contribution in [3.8, 4) is 0 Å². The van der Waals surface area contributed by atoms with Crippen molar-refractivity contribution in [3.63, 3.8) is 0 Å². The van der Waals surface area contributed by atoms with E-state index in [1.165, 1.54) is 25.7 Å². The molecule has 2 atom stereocenters. The zero-order valence-electron chi connectivity index (χ0n) is 8.02. The Morgan fingerprint density at radius 3 is 2.08 bits per heavy atom. The first-order valence-corrected chi connectivity index (χ1v) is 5.34. The van der Waals surface area contributed by atoms with E-state index in [1.54, 1.807) is 0 Å². The van der Waals surface area contributed by atoms with Gasteiger partial charge in [-0.2, -0.15) is 0 Å². The van der Waals surface area contributed by atoms with Crippen molar-refractivity contribution in [1.29, 1.82) is 0 Å². The summed E-state index contributed by atoms with van der Waals surface area (Å²) < 4.78 is 0. The van der Waals surface area contributed by atoms with Gasteiger partial charge in [-0.05, 0) is 18.8 Å². The first-order chi connectivity index (χ1) is 6.25. The number of β-amino-alcohol motifs (C(OH)–C–C–N with tert-alkyl or cyclic N) is 2. The summed E-state index contributed by atoms with van der Waals surface area (Å²) in [5.41, 5.74) is 0. The van der Waals surface area contributed by atoms with Crippen LogP contribution in [0.5, 0.6) is 0 Å². The van der Waals surface area contributed by atoms with E-state index in [2.05, 4.69) is 4.90 Å². The van der Waals surface area contributed by atoms with Crippen molar-refractivity contribution < 1.29 is 10.2 Å². The second-order valence-electron chi connectivity index (χ2n) is 4.50. The lowest BCUT2D eigenvalue weighted by atomic mass is 10.1. The molecule has 1 saturated carbocycles. The minimum atomic E-state index is -0.513. The molecule has 1 aliphatic heterocycles. The van der Waals surface area contributed by atoms with E-state index in [0.717, 1.165) is 12.5 Å². The zero-order valence-corrected chi connectivity index (χ0v) is 8.02. The van der Waals surface area contributed by atoms with Gasteiger partial charge in [0.25, 0.3) is 0 Å². The van der Waals surface area contributed by atoms with Crippen LogP contribution in [0.15, 0.2) is 0 Å². The second kappa shape index (κ2) is 3.95. The third-order valence-corrected chi connectivity index (χ3v) is 3.33. The van der Waals surface area contributed by atoms with E-state index in [0.29, 0.717) is 13.1 Å². The quantitative estimate of drug-likeness (QED) is 0.646. The number of aliphatic hydroxyl groups is 2. The molecule has 3 nitrogen and oxygen atoms in total. The van der Waals surface area contributed by atoms with Crippen LogP contribution >= 0.6 is 0 Å². The Bertz CT molecular complexity index is 158. The van der Waals surface area contributed by atoms with Crippen molar-refractivity contribution in [2.45, 2.75) is 37.9 Å². The van der Waals surface area contributed by atoms with Crippen LogP contribution in [0, 0.1) is 5.92 Å². The fraction of sp³-hybridized carbons (Fsp3) is 1.00. The van der Waals surface area contributed by atoms with Crippen molar-refractivity contribution in [2.75, 3.05) is 19.6 Å². The maximum atomic E-state index is 9.35. The topological polar surface area (TPSA) is 43.7 Å². The smallest absolute Gasteiger partial charge is 0.0938 e. The van der Waals surface area contributed by atoms with Crippen molar-refractivity contribution in [2.24, 2.45) is 5.92 Å². The Kier molecular flexibility index (Phi) is 2.86. The molecule has 2 aliphatic rings. The molecule has 3 heteroatoms. The number of hydrogen-bond acceptors (Lipinski definition) is 3. The van der Waals surface area contributed by atoms with Crippen molar-refractivity contribution >= 4 is 0 Å². The summed E-state index contributed by atoms with van der Waals surface area (Å²) in [6, 6.07) is 0. The summed E-state index contributed by atoms with van der Waals surface area (Å²) in [6.07, 6.45) is 4.38. The molecular formula is C10H19NO2. The Morgan fingerprint density at radius 2 is 1.54 bits per heavy atom. The van der Waals surface area contributed by atoms with Gasteiger partial charge in [-0.25, -0.2) is 0 Å². The average Bonchev–Trinajstić information content (AvgIpc) is 2.64. The molecule has 1 aliphatic carbocycles. The highest BCUT2D eigenvalue weighted by Crippen LogP contribution is 2.26. The van der Waals surface area contributed by atoms with Gasteiger partial charge in [0.05, 0.1) is 12.2 Å². The van der Waals surface area contributed by atoms with E-state index in [-0.39, 0.29) is 0 Å². The lowest BCUT2D eigenvalue weighted by molar-refractivity contribution is 0.0572. The molecule has 0 amide bonds. The van der Waals surface area contributed by atoms with E-state index in [9.17, 15) is 10.2 Å². The predicted octanol–water partition coefficient (Wildman–Crippen LogP) is 0.214. The molecule has 0 aromatic heterocycles. The lowest BCUT2D eigenvalue weighted by Crippen LogP contribution is -2.27. The average molecular weight is 185 g/mol. The minimum absolute atomic E-state index is 0.513. The highest BCUT2D eigenvalue weighted by Gasteiger charge is 2.31. The van der Waals surface area contributed by atoms with Crippen LogP contribution in [-0.2, 0) is 0 Å². The molecule has 0 radical (unpaired) electrons. The number of likely N-dealkylation sites (tertiary alicyclic amines) is 1. The predicted molar refractivity (Wildman–Crippen MR) is 50.4 cm³/mol. The Labute approximate surface area is 79.4 Å². The van der Waals surface area contributed by atoms with Crippen LogP contribution in [-0.4, -0.2) is 47.0 Å². The molecule has 1 heterocycles. The summed E-state index contributed by atoms with van der Waals surface area (Å²) in [5, 5.41) is 18.7. The molecule has 0 spiro atoms. The second-order valence-corrected chi connectivity index (χ2v) is 4.50. The zero-order chi connectivity index (χ0) is 9.26. The summed E-state index contributed by atoms with van der Waals surface area (Å²) in [6.45, 7) is 2.41. The fourth-order valence-electron chi connectivity index (χ4n) is 2.55. The van der Waals surface area contributed by atoms with Crippen LogP contribution in [0.25, 0.3) is 0 Å². The van der Waals surface area contributed by atoms with Crippen LogP contribution in [0.1, 0.15) is 25.7 Å². The monoisotopic (exact) mass is 185 g/mol. The van der Waals surface area contributed by atoms with Crippen molar-refractivity contribution in [3.05, 3.63) is 0 Å². The number of hydrogen-bond donors (Lipinski definition) is 2. The third-order valence-electron chi connectivity index (χ3n) is 3.33. The maximum absolute atomic E-state index is 9.35. The van der Waals surface area contributed by atoms with Gasteiger partial charge in [0.2, 0.25) is 0 Å². The highest BCUT2D eigenvalue weighted by molar-refractivity contribution is 4.85. The number of aliphatic hydroxyl groups excluding tert-OH is 2. The van der Waals surface area contributed by atoms with Gasteiger partial charge in [-0.3, -0.25) is 4.90 Å². The molecular weight excluding hydrogens is 166 g/mol. The fourth-order valence-corrected chi connectivity index (χ4v) is 2.55.